The second-order valence-corrected chi connectivity index (χ2v) is 6.02. The SMILES string of the molecule is CNC(C)(CN1CCC2CCC(C1)N2C)C(N)=O. The molecule has 1 amide bonds. The minimum Gasteiger partial charge on any atom is -0.368 e. The summed E-state index contributed by atoms with van der Waals surface area (Å²) in [7, 11) is 4.04. The van der Waals surface area contributed by atoms with E-state index in [9.17, 15) is 4.79 Å². The molecule has 5 heteroatoms. The Balaban J connectivity index is 2.00. The first-order valence-electron chi connectivity index (χ1n) is 6.89. The van der Waals surface area contributed by atoms with Gasteiger partial charge in [-0.25, -0.2) is 0 Å². The fourth-order valence-corrected chi connectivity index (χ4v) is 3.25. The van der Waals surface area contributed by atoms with Crippen molar-refractivity contribution < 1.29 is 4.79 Å². The summed E-state index contributed by atoms with van der Waals surface area (Å²) in [5.74, 6) is -0.271. The molecule has 5 nitrogen and oxygen atoms in total. The lowest BCUT2D eigenvalue weighted by atomic mass is 9.99. The van der Waals surface area contributed by atoms with E-state index in [0.717, 1.165) is 19.1 Å². The second-order valence-electron chi connectivity index (χ2n) is 6.02. The minimum absolute atomic E-state index is 0.271. The number of likely N-dealkylation sites (tertiary alicyclic amines) is 1. The maximum Gasteiger partial charge on any atom is 0.238 e. The molecule has 2 aliphatic heterocycles. The summed E-state index contributed by atoms with van der Waals surface area (Å²) in [5.41, 5.74) is 4.88. The van der Waals surface area contributed by atoms with Crippen molar-refractivity contribution in [1.29, 1.82) is 0 Å². The predicted molar refractivity (Wildman–Crippen MR) is 72.3 cm³/mol. The van der Waals surface area contributed by atoms with Gasteiger partial charge in [-0.3, -0.25) is 14.6 Å². The number of primary amides is 1. The molecule has 0 aliphatic carbocycles. The predicted octanol–water partition coefficient (Wildman–Crippen LogP) is -0.382. The van der Waals surface area contributed by atoms with Gasteiger partial charge in [-0.05, 0) is 46.8 Å². The first kappa shape index (κ1) is 13.8. The number of nitrogens with one attached hydrogen (secondary N) is 1. The van der Waals surface area contributed by atoms with Crippen LogP contribution in [-0.4, -0.2) is 67.1 Å². The first-order valence-corrected chi connectivity index (χ1v) is 6.89. The highest BCUT2D eigenvalue weighted by Gasteiger charge is 2.38. The first-order chi connectivity index (χ1) is 8.46. The van der Waals surface area contributed by atoms with Gasteiger partial charge in [0.15, 0.2) is 0 Å². The molecule has 0 spiro atoms. The van der Waals surface area contributed by atoms with Crippen LogP contribution in [0, 0.1) is 0 Å². The third-order valence-electron chi connectivity index (χ3n) is 4.87. The quantitative estimate of drug-likeness (QED) is 0.718. The lowest BCUT2D eigenvalue weighted by molar-refractivity contribution is -0.124. The standard InChI is InChI=1S/C13H26N4O/c1-13(15-2,12(14)18)9-17-7-6-10-4-5-11(8-17)16(10)3/h10-11,15H,4-9H2,1-3H3,(H2,14,18). The van der Waals surface area contributed by atoms with Crippen molar-refractivity contribution in [3.8, 4) is 0 Å². The number of carbonyl (C=O) groups excluding carboxylic acids is 1. The van der Waals surface area contributed by atoms with Crippen molar-refractivity contribution in [3.63, 3.8) is 0 Å². The number of fused-ring (bicyclic) bond motifs is 2. The van der Waals surface area contributed by atoms with Crippen molar-refractivity contribution >= 4 is 5.91 Å². The normalized spacial score (nSPS) is 33.1. The van der Waals surface area contributed by atoms with Crippen molar-refractivity contribution in [2.45, 2.75) is 43.8 Å². The Morgan fingerprint density at radius 2 is 2.06 bits per heavy atom. The molecule has 2 saturated heterocycles. The highest BCUT2D eigenvalue weighted by Crippen LogP contribution is 2.28. The lowest BCUT2D eigenvalue weighted by Gasteiger charge is -2.34. The van der Waals surface area contributed by atoms with Gasteiger partial charge in [0.1, 0.15) is 5.54 Å². The highest BCUT2D eigenvalue weighted by molar-refractivity contribution is 5.84. The summed E-state index contributed by atoms with van der Waals surface area (Å²) in [5, 5.41) is 3.07. The Morgan fingerprint density at radius 3 is 2.67 bits per heavy atom. The van der Waals surface area contributed by atoms with Crippen molar-refractivity contribution in [2.75, 3.05) is 33.7 Å². The zero-order chi connectivity index (χ0) is 13.3. The van der Waals surface area contributed by atoms with E-state index in [4.69, 9.17) is 5.73 Å². The summed E-state index contributed by atoms with van der Waals surface area (Å²) >= 11 is 0. The molecule has 2 aliphatic rings. The molecule has 2 bridgehead atoms. The Kier molecular flexibility index (Phi) is 3.94. The Bertz CT molecular complexity index is 322. The van der Waals surface area contributed by atoms with E-state index < -0.39 is 5.54 Å². The monoisotopic (exact) mass is 254 g/mol. The molecule has 2 heterocycles. The molecule has 104 valence electrons. The number of hydrogen-bond donors (Lipinski definition) is 2. The van der Waals surface area contributed by atoms with Gasteiger partial charge in [0, 0.05) is 25.2 Å². The van der Waals surface area contributed by atoms with Crippen LogP contribution < -0.4 is 11.1 Å². The number of rotatable bonds is 4. The van der Waals surface area contributed by atoms with Gasteiger partial charge in [0.2, 0.25) is 5.91 Å². The fraction of sp³-hybridized carbons (Fsp3) is 0.923. The number of hydrogen-bond acceptors (Lipinski definition) is 4. The van der Waals surface area contributed by atoms with Crippen LogP contribution in [0.3, 0.4) is 0 Å². The van der Waals surface area contributed by atoms with Crippen molar-refractivity contribution in [1.82, 2.24) is 15.1 Å². The molecular weight excluding hydrogens is 228 g/mol. The summed E-state index contributed by atoms with van der Waals surface area (Å²) in [6.45, 7) is 4.71. The molecule has 3 unspecified atom stereocenters. The topological polar surface area (TPSA) is 61.6 Å². The van der Waals surface area contributed by atoms with Gasteiger partial charge in [-0.15, -0.1) is 0 Å². The smallest absolute Gasteiger partial charge is 0.238 e. The van der Waals surface area contributed by atoms with Gasteiger partial charge in [0.05, 0.1) is 0 Å². The maximum atomic E-state index is 11.6. The molecule has 2 fully saturated rings. The molecule has 3 N–H and O–H groups in total. The molecule has 0 saturated carbocycles. The molecule has 0 aromatic heterocycles. The summed E-state index contributed by atoms with van der Waals surface area (Å²) in [6.07, 6.45) is 3.81. The molecule has 18 heavy (non-hydrogen) atoms. The zero-order valence-corrected chi connectivity index (χ0v) is 11.8. The van der Waals surface area contributed by atoms with Gasteiger partial charge in [0.25, 0.3) is 0 Å². The van der Waals surface area contributed by atoms with E-state index >= 15 is 0 Å². The minimum atomic E-state index is -0.623. The molecule has 0 radical (unpaired) electrons. The number of amides is 1. The van der Waals surface area contributed by atoms with Crippen LogP contribution in [-0.2, 0) is 4.79 Å². The van der Waals surface area contributed by atoms with E-state index in [1.165, 1.54) is 19.3 Å². The molecular formula is C13H26N4O. The third kappa shape index (κ3) is 2.53. The zero-order valence-electron chi connectivity index (χ0n) is 11.8. The summed E-state index contributed by atoms with van der Waals surface area (Å²) in [6, 6.07) is 1.38. The Morgan fingerprint density at radius 1 is 1.39 bits per heavy atom. The maximum absolute atomic E-state index is 11.6. The van der Waals surface area contributed by atoms with Crippen molar-refractivity contribution in [3.05, 3.63) is 0 Å². The number of nitrogens with zero attached hydrogens (tertiary/aromatic N) is 2. The molecule has 3 atom stereocenters. The summed E-state index contributed by atoms with van der Waals surface area (Å²) in [4.78, 5) is 16.5. The van der Waals surface area contributed by atoms with E-state index in [1.807, 2.05) is 6.92 Å². The van der Waals surface area contributed by atoms with Crippen LogP contribution in [0.25, 0.3) is 0 Å². The van der Waals surface area contributed by atoms with Crippen molar-refractivity contribution in [2.24, 2.45) is 5.73 Å². The van der Waals surface area contributed by atoms with Crippen LogP contribution in [0.15, 0.2) is 0 Å². The van der Waals surface area contributed by atoms with Crippen LogP contribution in [0.1, 0.15) is 26.2 Å². The van der Waals surface area contributed by atoms with Gasteiger partial charge >= 0.3 is 0 Å². The van der Waals surface area contributed by atoms with E-state index in [0.29, 0.717) is 12.6 Å². The van der Waals surface area contributed by atoms with Gasteiger partial charge in [-0.2, -0.15) is 0 Å². The van der Waals surface area contributed by atoms with E-state index in [1.54, 1.807) is 7.05 Å². The fourth-order valence-electron chi connectivity index (χ4n) is 3.25. The Labute approximate surface area is 110 Å². The Hall–Kier alpha value is -0.650. The summed E-state index contributed by atoms with van der Waals surface area (Å²) < 4.78 is 0. The molecule has 0 aromatic rings. The van der Waals surface area contributed by atoms with Crippen LogP contribution >= 0.6 is 0 Å². The van der Waals surface area contributed by atoms with E-state index in [-0.39, 0.29) is 5.91 Å². The highest BCUT2D eigenvalue weighted by atomic mass is 16.1. The van der Waals surface area contributed by atoms with Crippen LogP contribution in [0.4, 0.5) is 0 Å². The number of carbonyl (C=O) groups is 1. The average molecular weight is 254 g/mol. The van der Waals surface area contributed by atoms with Crippen LogP contribution in [0.5, 0.6) is 0 Å². The molecule has 0 aromatic carbocycles. The lowest BCUT2D eigenvalue weighted by Crippen LogP contribution is -2.59. The van der Waals surface area contributed by atoms with Crippen LogP contribution in [0.2, 0.25) is 0 Å². The molecule has 2 rings (SSSR count). The number of nitrogens with two attached hydrogens (primary N) is 1. The number of likely N-dealkylation sites (N-methyl/N-ethyl adjacent to an activating group) is 2. The van der Waals surface area contributed by atoms with Gasteiger partial charge < -0.3 is 11.1 Å². The van der Waals surface area contributed by atoms with E-state index in [2.05, 4.69) is 22.2 Å². The average Bonchev–Trinajstić information content (AvgIpc) is 2.57. The second kappa shape index (κ2) is 5.15. The third-order valence-corrected chi connectivity index (χ3v) is 4.87. The van der Waals surface area contributed by atoms with Gasteiger partial charge in [-0.1, -0.05) is 0 Å². The largest absolute Gasteiger partial charge is 0.368 e.